The van der Waals surface area contributed by atoms with Gasteiger partial charge in [-0.2, -0.15) is 21.6 Å². The highest BCUT2D eigenvalue weighted by atomic mass is 32.2. The Morgan fingerprint density at radius 2 is 1.88 bits per heavy atom. The van der Waals surface area contributed by atoms with Gasteiger partial charge in [-0.1, -0.05) is 41.1 Å². The molecule has 0 saturated heterocycles. The number of aryl methyl sites for hydroxylation is 1. The molecule has 1 heterocycles. The van der Waals surface area contributed by atoms with Crippen molar-refractivity contribution < 1.29 is 25.8 Å². The number of fused-ring (bicyclic) bond motifs is 1. The van der Waals surface area contributed by atoms with E-state index < -0.39 is 21.4 Å². The Kier molecular flexibility index (Phi) is 4.45. The molecule has 1 aromatic heterocycles. The van der Waals surface area contributed by atoms with Crippen molar-refractivity contribution in [3.8, 4) is 0 Å². The van der Waals surface area contributed by atoms with E-state index in [2.05, 4.69) is 14.5 Å². The minimum atomic E-state index is -5.84. The second kappa shape index (κ2) is 6.45. The Morgan fingerprint density at radius 3 is 2.58 bits per heavy atom. The van der Waals surface area contributed by atoms with Crippen LogP contribution in [-0.2, 0) is 14.3 Å². The quantitative estimate of drug-likeness (QED) is 0.391. The first kappa shape index (κ1) is 17.9. The Morgan fingerprint density at radius 1 is 1.15 bits per heavy atom. The molecule has 26 heavy (non-hydrogen) atoms. The molecule has 0 spiro atoms. The fourth-order valence-corrected chi connectivity index (χ4v) is 2.67. The lowest BCUT2D eigenvalue weighted by Gasteiger charge is -2.13. The minimum absolute atomic E-state index is 0.150. The minimum Gasteiger partial charge on any atom is -0.374 e. The van der Waals surface area contributed by atoms with Crippen molar-refractivity contribution in [2.45, 2.75) is 12.4 Å². The van der Waals surface area contributed by atoms with Gasteiger partial charge in [0, 0.05) is 5.56 Å². The third-order valence-corrected chi connectivity index (χ3v) is 4.37. The summed E-state index contributed by atoms with van der Waals surface area (Å²) in [5.41, 5.74) is -3.72. The number of alkyl halides is 3. The molecule has 0 radical (unpaired) electrons. The zero-order valence-electron chi connectivity index (χ0n) is 13.3. The molecule has 2 aromatic carbocycles. The number of hydrogen-bond donors (Lipinski definition) is 0. The summed E-state index contributed by atoms with van der Waals surface area (Å²) < 4.78 is 66.7. The molecule has 136 valence electrons. The number of rotatable bonds is 4. The van der Waals surface area contributed by atoms with E-state index in [1.165, 1.54) is 12.1 Å². The highest BCUT2D eigenvalue weighted by Gasteiger charge is 2.49. The highest BCUT2D eigenvalue weighted by molar-refractivity contribution is 7.87. The first-order valence-corrected chi connectivity index (χ1v) is 8.68. The van der Waals surface area contributed by atoms with Gasteiger partial charge >= 0.3 is 15.6 Å². The molecule has 6 nitrogen and oxygen atoms in total. The van der Waals surface area contributed by atoms with E-state index in [1.807, 2.05) is 0 Å². The molecule has 3 rings (SSSR count). The van der Waals surface area contributed by atoms with Gasteiger partial charge in [0.25, 0.3) is 0 Å². The van der Waals surface area contributed by atoms with Gasteiger partial charge in [0.15, 0.2) is 5.76 Å². The molecule has 0 bridgehead atoms. The fraction of sp³-hybridized carbons (Fsp3) is 0.125. The van der Waals surface area contributed by atoms with Crippen LogP contribution in [0, 0.1) is 6.92 Å². The number of para-hydroxylation sites is 1. The maximum absolute atomic E-state index is 12.7. The summed E-state index contributed by atoms with van der Waals surface area (Å²) in [4.78, 5) is 0. The summed E-state index contributed by atoms with van der Waals surface area (Å²) in [6.45, 7) is 1.71. The van der Waals surface area contributed by atoms with Crippen LogP contribution in [0.4, 0.5) is 13.2 Å². The van der Waals surface area contributed by atoms with Crippen molar-refractivity contribution in [3.05, 3.63) is 59.7 Å². The second-order valence-electron chi connectivity index (χ2n) is 5.37. The monoisotopic (exact) mass is 383 g/mol. The van der Waals surface area contributed by atoms with E-state index in [9.17, 15) is 21.6 Å². The van der Waals surface area contributed by atoms with E-state index in [-0.39, 0.29) is 5.56 Å². The first-order chi connectivity index (χ1) is 12.2. The maximum atomic E-state index is 12.7. The smallest absolute Gasteiger partial charge is 0.374 e. The van der Waals surface area contributed by atoms with Crippen molar-refractivity contribution in [1.82, 2.24) is 15.0 Å². The Labute approximate surface area is 146 Å². The zero-order valence-corrected chi connectivity index (χ0v) is 14.1. The standard InChI is InChI=1S/C16H12F3N3O3S/c1-11-5-4-6-12(9-11)15(25-26(23,24)16(17,18)19)10-22-14-8-3-2-7-13(14)20-21-22/h2-10H,1H3/b15-10+. The number of benzene rings is 2. The SMILES string of the molecule is Cc1cccc(/C(=C\n2nnc3ccccc32)OS(=O)(=O)C(F)(F)F)c1. The number of nitrogens with zero attached hydrogens (tertiary/aromatic N) is 3. The van der Waals surface area contributed by atoms with Crippen LogP contribution in [0.3, 0.4) is 0 Å². The predicted molar refractivity (Wildman–Crippen MR) is 88.9 cm³/mol. The van der Waals surface area contributed by atoms with Gasteiger partial charge < -0.3 is 4.18 Å². The molecule has 0 unspecified atom stereocenters. The molecule has 3 aromatic rings. The molecule has 10 heteroatoms. The van der Waals surface area contributed by atoms with Crippen molar-refractivity contribution in [2.75, 3.05) is 0 Å². The zero-order chi connectivity index (χ0) is 18.9. The molecule has 0 N–H and O–H groups in total. The van der Waals surface area contributed by atoms with Gasteiger partial charge in [0.1, 0.15) is 5.52 Å². The summed E-state index contributed by atoms with van der Waals surface area (Å²) in [6.07, 6.45) is 1.05. The summed E-state index contributed by atoms with van der Waals surface area (Å²) in [7, 11) is -5.84. The molecule has 0 aliphatic rings. The van der Waals surface area contributed by atoms with Crippen molar-refractivity contribution in [1.29, 1.82) is 0 Å². The van der Waals surface area contributed by atoms with Crippen LogP contribution in [0.5, 0.6) is 0 Å². The second-order valence-corrected chi connectivity index (χ2v) is 6.91. The van der Waals surface area contributed by atoms with Crippen molar-refractivity contribution in [3.63, 3.8) is 0 Å². The Hall–Kier alpha value is -2.88. The molecule has 0 amide bonds. The summed E-state index contributed by atoms with van der Waals surface area (Å²) in [5.74, 6) is -0.526. The topological polar surface area (TPSA) is 74.1 Å². The van der Waals surface area contributed by atoms with Crippen molar-refractivity contribution >= 4 is 33.1 Å². The average molecular weight is 383 g/mol. The van der Waals surface area contributed by atoms with Crippen LogP contribution >= 0.6 is 0 Å². The van der Waals surface area contributed by atoms with E-state index >= 15 is 0 Å². The molecule has 0 aliphatic carbocycles. The summed E-state index contributed by atoms with van der Waals surface area (Å²) >= 11 is 0. The van der Waals surface area contributed by atoms with E-state index in [0.717, 1.165) is 10.9 Å². The lowest BCUT2D eigenvalue weighted by Crippen LogP contribution is -2.25. The van der Waals surface area contributed by atoms with Crippen LogP contribution in [0.25, 0.3) is 23.0 Å². The van der Waals surface area contributed by atoms with Gasteiger partial charge in [-0.25, -0.2) is 4.68 Å². The predicted octanol–water partition coefficient (Wildman–Crippen LogP) is 3.56. The van der Waals surface area contributed by atoms with Gasteiger partial charge in [0.05, 0.1) is 11.7 Å². The third kappa shape index (κ3) is 3.54. The number of hydrogen-bond acceptors (Lipinski definition) is 5. The lowest BCUT2D eigenvalue weighted by atomic mass is 10.1. The number of halogens is 3. The molecule has 0 fully saturated rings. The molecule has 0 saturated carbocycles. The maximum Gasteiger partial charge on any atom is 0.534 e. The molecule has 0 atom stereocenters. The first-order valence-electron chi connectivity index (χ1n) is 7.27. The number of aromatic nitrogens is 3. The average Bonchev–Trinajstić information content (AvgIpc) is 2.96. The van der Waals surface area contributed by atoms with Crippen molar-refractivity contribution in [2.24, 2.45) is 0 Å². The van der Waals surface area contributed by atoms with Gasteiger partial charge in [0.2, 0.25) is 0 Å². The van der Waals surface area contributed by atoms with Gasteiger partial charge in [-0.15, -0.1) is 5.10 Å². The Bertz CT molecular complexity index is 1090. The van der Waals surface area contributed by atoms with Crippen LogP contribution in [0.15, 0.2) is 48.5 Å². The fourth-order valence-electron chi connectivity index (χ4n) is 2.20. The van der Waals surface area contributed by atoms with Crippen LogP contribution in [0.1, 0.15) is 11.1 Å². The molecular formula is C16H12F3N3O3S. The van der Waals surface area contributed by atoms with E-state index in [4.69, 9.17) is 0 Å². The van der Waals surface area contributed by atoms with Crippen LogP contribution in [0.2, 0.25) is 0 Å². The van der Waals surface area contributed by atoms with Gasteiger partial charge in [-0.3, -0.25) is 0 Å². The largest absolute Gasteiger partial charge is 0.534 e. The highest BCUT2D eigenvalue weighted by Crippen LogP contribution is 2.30. The molecular weight excluding hydrogens is 371 g/mol. The van der Waals surface area contributed by atoms with E-state index in [0.29, 0.717) is 16.6 Å². The van der Waals surface area contributed by atoms with Crippen LogP contribution in [-0.4, -0.2) is 28.9 Å². The Balaban J connectivity index is 2.15. The van der Waals surface area contributed by atoms with Crippen LogP contribution < -0.4 is 0 Å². The summed E-state index contributed by atoms with van der Waals surface area (Å²) in [6, 6.07) is 12.9. The third-order valence-electron chi connectivity index (χ3n) is 3.40. The van der Waals surface area contributed by atoms with Gasteiger partial charge in [-0.05, 0) is 25.1 Å². The molecule has 0 aliphatic heterocycles. The summed E-state index contributed by atoms with van der Waals surface area (Å²) in [5, 5.41) is 7.68. The normalized spacial score (nSPS) is 13.2. The van der Waals surface area contributed by atoms with E-state index in [1.54, 1.807) is 43.3 Å². The lowest BCUT2D eigenvalue weighted by molar-refractivity contribution is -0.0509.